The summed E-state index contributed by atoms with van der Waals surface area (Å²) in [4.78, 5) is 26.4. The Hall–Kier alpha value is -1.40. The van der Waals surface area contributed by atoms with Crippen molar-refractivity contribution < 1.29 is 18.4 Å². The molecule has 0 aromatic heterocycles. The number of amides is 3. The number of hydrogen-bond acceptors (Lipinski definition) is 2. The number of rotatable bonds is 4. The van der Waals surface area contributed by atoms with Gasteiger partial charge in [0.2, 0.25) is 5.91 Å². The maximum Gasteiger partial charge on any atom is 0.318 e. The standard InChI is InChI=1S/C13H21F2N3O2/c1-9(8-17-6-3-5-11(17)19)16-13(20)18-7-2-4-10(18)12(14)15/h9-10,12H,2-8H2,1H3,(H,16,20)/t9?,10-/m0/s1. The Morgan fingerprint density at radius 3 is 2.75 bits per heavy atom. The van der Waals surface area contributed by atoms with Crippen LogP contribution in [0.2, 0.25) is 0 Å². The van der Waals surface area contributed by atoms with E-state index in [4.69, 9.17) is 0 Å². The Bertz CT molecular complexity index is 379. The van der Waals surface area contributed by atoms with Crippen LogP contribution < -0.4 is 5.32 Å². The highest BCUT2D eigenvalue weighted by atomic mass is 19.3. The number of likely N-dealkylation sites (tertiary alicyclic amines) is 2. The third-order valence-electron chi connectivity index (χ3n) is 3.89. The van der Waals surface area contributed by atoms with Gasteiger partial charge in [-0.15, -0.1) is 0 Å². The van der Waals surface area contributed by atoms with Crippen LogP contribution in [0.1, 0.15) is 32.6 Å². The summed E-state index contributed by atoms with van der Waals surface area (Å²) in [6.45, 7) is 3.31. The van der Waals surface area contributed by atoms with Gasteiger partial charge in [0.1, 0.15) is 0 Å². The Morgan fingerprint density at radius 2 is 2.15 bits per heavy atom. The minimum atomic E-state index is -2.50. The quantitative estimate of drug-likeness (QED) is 0.851. The number of carbonyl (C=O) groups is 2. The molecule has 0 radical (unpaired) electrons. The first-order valence-corrected chi connectivity index (χ1v) is 7.12. The second-order valence-electron chi connectivity index (χ2n) is 5.53. The van der Waals surface area contributed by atoms with Gasteiger partial charge in [-0.05, 0) is 26.2 Å². The summed E-state index contributed by atoms with van der Waals surface area (Å²) < 4.78 is 25.6. The number of urea groups is 1. The van der Waals surface area contributed by atoms with Crippen molar-refractivity contribution in [2.24, 2.45) is 0 Å². The average molecular weight is 289 g/mol. The zero-order chi connectivity index (χ0) is 14.7. The van der Waals surface area contributed by atoms with Crippen molar-refractivity contribution in [3.05, 3.63) is 0 Å². The molecular formula is C13H21F2N3O2. The summed E-state index contributed by atoms with van der Waals surface area (Å²) in [7, 11) is 0. The van der Waals surface area contributed by atoms with Crippen LogP contribution in [-0.4, -0.2) is 59.9 Å². The maximum absolute atomic E-state index is 12.8. The molecule has 0 bridgehead atoms. The monoisotopic (exact) mass is 289 g/mol. The van der Waals surface area contributed by atoms with E-state index in [-0.39, 0.29) is 11.9 Å². The zero-order valence-electron chi connectivity index (χ0n) is 11.6. The Labute approximate surface area is 117 Å². The molecule has 2 aliphatic rings. The van der Waals surface area contributed by atoms with Gasteiger partial charge >= 0.3 is 6.03 Å². The number of carbonyl (C=O) groups excluding carboxylic acids is 2. The second kappa shape index (κ2) is 6.37. The van der Waals surface area contributed by atoms with E-state index in [0.29, 0.717) is 38.9 Å². The molecule has 0 spiro atoms. The lowest BCUT2D eigenvalue weighted by molar-refractivity contribution is -0.127. The van der Waals surface area contributed by atoms with Gasteiger partial charge in [0, 0.05) is 32.1 Å². The van der Waals surface area contributed by atoms with Gasteiger partial charge < -0.3 is 15.1 Å². The van der Waals surface area contributed by atoms with E-state index in [2.05, 4.69) is 5.32 Å². The fourth-order valence-electron chi connectivity index (χ4n) is 2.87. The van der Waals surface area contributed by atoms with Crippen molar-refractivity contribution in [2.45, 2.75) is 51.1 Å². The van der Waals surface area contributed by atoms with Crippen molar-refractivity contribution in [1.29, 1.82) is 0 Å². The number of nitrogens with one attached hydrogen (secondary N) is 1. The van der Waals surface area contributed by atoms with Gasteiger partial charge in [0.15, 0.2) is 0 Å². The first-order chi connectivity index (χ1) is 9.49. The summed E-state index contributed by atoms with van der Waals surface area (Å²) in [5, 5.41) is 2.71. The van der Waals surface area contributed by atoms with E-state index in [9.17, 15) is 18.4 Å². The van der Waals surface area contributed by atoms with Crippen LogP contribution in [0.3, 0.4) is 0 Å². The van der Waals surface area contributed by atoms with E-state index >= 15 is 0 Å². The van der Waals surface area contributed by atoms with E-state index < -0.39 is 18.5 Å². The van der Waals surface area contributed by atoms with Crippen molar-refractivity contribution >= 4 is 11.9 Å². The van der Waals surface area contributed by atoms with Crippen LogP contribution in [0.15, 0.2) is 0 Å². The molecule has 2 atom stereocenters. The summed E-state index contributed by atoms with van der Waals surface area (Å²) in [6.07, 6.45) is -0.135. The summed E-state index contributed by atoms with van der Waals surface area (Å²) >= 11 is 0. The minimum Gasteiger partial charge on any atom is -0.341 e. The molecule has 2 aliphatic heterocycles. The van der Waals surface area contributed by atoms with Crippen molar-refractivity contribution in [3.63, 3.8) is 0 Å². The van der Waals surface area contributed by atoms with Gasteiger partial charge in [0.05, 0.1) is 6.04 Å². The third-order valence-corrected chi connectivity index (χ3v) is 3.89. The van der Waals surface area contributed by atoms with E-state index in [1.165, 1.54) is 4.90 Å². The largest absolute Gasteiger partial charge is 0.341 e. The molecule has 114 valence electrons. The zero-order valence-corrected chi connectivity index (χ0v) is 11.6. The molecule has 1 N–H and O–H groups in total. The molecule has 0 aromatic carbocycles. The van der Waals surface area contributed by atoms with Crippen LogP contribution >= 0.6 is 0 Å². The molecule has 20 heavy (non-hydrogen) atoms. The van der Waals surface area contributed by atoms with Crippen LogP contribution in [-0.2, 0) is 4.79 Å². The summed E-state index contributed by atoms with van der Waals surface area (Å²) in [5.74, 6) is 0.0951. The highest BCUT2D eigenvalue weighted by Crippen LogP contribution is 2.22. The predicted molar refractivity (Wildman–Crippen MR) is 69.5 cm³/mol. The van der Waals surface area contributed by atoms with E-state index in [1.807, 2.05) is 0 Å². The third kappa shape index (κ3) is 3.37. The smallest absolute Gasteiger partial charge is 0.318 e. The highest BCUT2D eigenvalue weighted by molar-refractivity contribution is 5.78. The fourth-order valence-corrected chi connectivity index (χ4v) is 2.87. The Balaban J connectivity index is 1.82. The van der Waals surface area contributed by atoms with E-state index in [1.54, 1.807) is 11.8 Å². The Kier molecular flexibility index (Phi) is 4.77. The second-order valence-corrected chi connectivity index (χ2v) is 5.53. The first kappa shape index (κ1) is 15.0. The lowest BCUT2D eigenvalue weighted by Gasteiger charge is -2.28. The normalized spacial score (nSPS) is 24.6. The first-order valence-electron chi connectivity index (χ1n) is 7.12. The number of halogens is 2. The molecule has 3 amide bonds. The molecule has 0 aliphatic carbocycles. The molecule has 2 rings (SSSR count). The minimum absolute atomic E-state index is 0.0951. The van der Waals surface area contributed by atoms with Gasteiger partial charge in [-0.25, -0.2) is 13.6 Å². The van der Waals surface area contributed by atoms with Crippen LogP contribution in [0.5, 0.6) is 0 Å². The maximum atomic E-state index is 12.8. The highest BCUT2D eigenvalue weighted by Gasteiger charge is 2.35. The fraction of sp³-hybridized carbons (Fsp3) is 0.846. The van der Waals surface area contributed by atoms with Crippen molar-refractivity contribution in [3.8, 4) is 0 Å². The van der Waals surface area contributed by atoms with E-state index in [0.717, 1.165) is 6.42 Å². The summed E-state index contributed by atoms with van der Waals surface area (Å²) in [6, 6.07) is -1.66. The van der Waals surface area contributed by atoms with Gasteiger partial charge in [0.25, 0.3) is 6.43 Å². The predicted octanol–water partition coefficient (Wildman–Crippen LogP) is 1.44. The van der Waals surface area contributed by atoms with Crippen LogP contribution in [0, 0.1) is 0 Å². The molecule has 2 heterocycles. The van der Waals surface area contributed by atoms with Crippen molar-refractivity contribution in [2.75, 3.05) is 19.6 Å². The lowest BCUT2D eigenvalue weighted by Crippen LogP contribution is -2.50. The molecule has 0 saturated carbocycles. The molecular weight excluding hydrogens is 268 g/mol. The number of nitrogens with zero attached hydrogens (tertiary/aromatic N) is 2. The van der Waals surface area contributed by atoms with Gasteiger partial charge in [-0.2, -0.15) is 0 Å². The SMILES string of the molecule is CC(CN1CCCC1=O)NC(=O)N1CCC[C@H]1C(F)F. The summed E-state index contributed by atoms with van der Waals surface area (Å²) in [5.41, 5.74) is 0. The van der Waals surface area contributed by atoms with Gasteiger partial charge in [-0.1, -0.05) is 0 Å². The molecule has 7 heteroatoms. The van der Waals surface area contributed by atoms with Crippen molar-refractivity contribution in [1.82, 2.24) is 15.1 Å². The molecule has 1 unspecified atom stereocenters. The molecule has 2 fully saturated rings. The topological polar surface area (TPSA) is 52.7 Å². The Morgan fingerprint density at radius 1 is 1.40 bits per heavy atom. The van der Waals surface area contributed by atoms with Gasteiger partial charge in [-0.3, -0.25) is 4.79 Å². The van der Waals surface area contributed by atoms with Crippen LogP contribution in [0.25, 0.3) is 0 Å². The number of alkyl halides is 2. The number of hydrogen-bond donors (Lipinski definition) is 1. The molecule has 0 aromatic rings. The van der Waals surface area contributed by atoms with Crippen LogP contribution in [0.4, 0.5) is 13.6 Å². The molecule has 5 nitrogen and oxygen atoms in total. The average Bonchev–Trinajstić information content (AvgIpc) is 2.99. The lowest BCUT2D eigenvalue weighted by atomic mass is 10.2. The molecule has 2 saturated heterocycles.